The van der Waals surface area contributed by atoms with E-state index in [4.69, 9.17) is 4.42 Å². The zero-order valence-corrected chi connectivity index (χ0v) is 22.7. The first-order valence-corrected chi connectivity index (χ1v) is 15.1. The maximum absolute atomic E-state index is 13.6. The van der Waals surface area contributed by atoms with E-state index in [1.54, 1.807) is 49.4 Å². The van der Waals surface area contributed by atoms with Gasteiger partial charge >= 0.3 is 0 Å². The molecule has 1 unspecified atom stereocenters. The Hall–Kier alpha value is -3.53. The number of carbonyl (C=O) groups excluding carboxylic acids is 3. The number of likely N-dealkylation sites (tertiary alicyclic amines) is 1. The van der Waals surface area contributed by atoms with Gasteiger partial charge in [-0.1, -0.05) is 56.5 Å². The number of hydrogen-bond donors (Lipinski definition) is 1. The minimum absolute atomic E-state index is 0.0327. The third kappa shape index (κ3) is 5.48. The SMILES string of the molecule is CCC(NC(=O)[C@@H]1C[C@@H](S(=O)(=O)c2ccccc2)CN1C(=O)C1CCCCC1)C(=O)c1nc2ccccc2o1. The molecule has 2 aliphatic rings. The molecule has 10 heteroatoms. The highest BCUT2D eigenvalue weighted by Gasteiger charge is 2.47. The molecule has 0 bridgehead atoms. The van der Waals surface area contributed by atoms with Crippen LogP contribution in [-0.4, -0.2) is 59.8 Å². The van der Waals surface area contributed by atoms with E-state index in [1.807, 2.05) is 0 Å². The van der Waals surface area contributed by atoms with Crippen molar-refractivity contribution in [1.29, 1.82) is 0 Å². The summed E-state index contributed by atoms with van der Waals surface area (Å²) in [6, 6.07) is 13.2. The number of aromatic nitrogens is 1. The molecule has 2 heterocycles. The van der Waals surface area contributed by atoms with Crippen LogP contribution in [-0.2, 0) is 19.4 Å². The average molecular weight is 552 g/mol. The summed E-state index contributed by atoms with van der Waals surface area (Å²) in [7, 11) is -3.78. The fourth-order valence-corrected chi connectivity index (χ4v) is 7.36. The summed E-state index contributed by atoms with van der Waals surface area (Å²) in [5, 5.41) is 1.85. The maximum Gasteiger partial charge on any atom is 0.266 e. The van der Waals surface area contributed by atoms with Gasteiger partial charge in [0.1, 0.15) is 11.6 Å². The molecular weight excluding hydrogens is 518 g/mol. The Balaban J connectivity index is 1.38. The summed E-state index contributed by atoms with van der Waals surface area (Å²) < 4.78 is 32.5. The van der Waals surface area contributed by atoms with Gasteiger partial charge in [-0.3, -0.25) is 14.4 Å². The number of fused-ring (bicyclic) bond motifs is 1. The second-order valence-electron chi connectivity index (χ2n) is 10.4. The van der Waals surface area contributed by atoms with E-state index >= 15 is 0 Å². The van der Waals surface area contributed by atoms with Gasteiger partial charge in [-0.15, -0.1) is 0 Å². The zero-order chi connectivity index (χ0) is 27.6. The zero-order valence-electron chi connectivity index (χ0n) is 21.9. The van der Waals surface area contributed by atoms with Crippen molar-refractivity contribution in [3.63, 3.8) is 0 Å². The van der Waals surface area contributed by atoms with Gasteiger partial charge in [0.15, 0.2) is 15.4 Å². The molecule has 1 N–H and O–H groups in total. The second-order valence-corrected chi connectivity index (χ2v) is 12.6. The predicted octanol–water partition coefficient (Wildman–Crippen LogP) is 3.93. The number of amides is 2. The van der Waals surface area contributed by atoms with Crippen LogP contribution >= 0.6 is 0 Å². The summed E-state index contributed by atoms with van der Waals surface area (Å²) in [4.78, 5) is 46.3. The van der Waals surface area contributed by atoms with Crippen LogP contribution in [0.4, 0.5) is 0 Å². The number of ketones is 1. The molecule has 1 aromatic heterocycles. The predicted molar refractivity (Wildman–Crippen MR) is 145 cm³/mol. The summed E-state index contributed by atoms with van der Waals surface area (Å²) in [6.45, 7) is 1.70. The van der Waals surface area contributed by atoms with Gasteiger partial charge in [0.2, 0.25) is 17.6 Å². The number of rotatable bonds is 8. The van der Waals surface area contributed by atoms with Gasteiger partial charge in [-0.2, -0.15) is 0 Å². The van der Waals surface area contributed by atoms with Crippen LogP contribution in [0.2, 0.25) is 0 Å². The molecule has 0 spiro atoms. The number of oxazole rings is 1. The van der Waals surface area contributed by atoms with Gasteiger partial charge in [0.05, 0.1) is 16.2 Å². The summed E-state index contributed by atoms with van der Waals surface area (Å²) in [6.07, 6.45) is 4.64. The van der Waals surface area contributed by atoms with Crippen molar-refractivity contribution >= 4 is 38.5 Å². The summed E-state index contributed by atoms with van der Waals surface area (Å²) in [5.74, 6) is -1.52. The van der Waals surface area contributed by atoms with E-state index in [-0.39, 0.29) is 42.0 Å². The average Bonchev–Trinajstić information content (AvgIpc) is 3.62. The van der Waals surface area contributed by atoms with E-state index < -0.39 is 38.9 Å². The first-order chi connectivity index (χ1) is 18.8. The number of carbonyl (C=O) groups is 3. The van der Waals surface area contributed by atoms with Crippen LogP contribution in [0.15, 0.2) is 63.9 Å². The topological polar surface area (TPSA) is 127 Å². The number of sulfone groups is 1. The quantitative estimate of drug-likeness (QED) is 0.420. The van der Waals surface area contributed by atoms with Crippen LogP contribution in [0, 0.1) is 5.92 Å². The Morgan fingerprint density at radius 2 is 1.72 bits per heavy atom. The van der Waals surface area contributed by atoms with Crippen LogP contribution in [0.1, 0.15) is 62.6 Å². The fraction of sp³-hybridized carbons (Fsp3) is 0.448. The molecule has 9 nitrogen and oxygen atoms in total. The van der Waals surface area contributed by atoms with Crippen molar-refractivity contribution in [2.24, 2.45) is 5.92 Å². The monoisotopic (exact) mass is 551 g/mol. The smallest absolute Gasteiger partial charge is 0.266 e. The molecular formula is C29H33N3O6S. The number of hydrogen-bond acceptors (Lipinski definition) is 7. The van der Waals surface area contributed by atoms with Gasteiger partial charge < -0.3 is 14.6 Å². The molecule has 0 radical (unpaired) electrons. The van der Waals surface area contributed by atoms with E-state index in [9.17, 15) is 22.8 Å². The van der Waals surface area contributed by atoms with Crippen molar-refractivity contribution < 1.29 is 27.2 Å². The number of benzene rings is 2. The number of nitrogens with zero attached hydrogens (tertiary/aromatic N) is 2. The lowest BCUT2D eigenvalue weighted by Crippen LogP contribution is -2.51. The third-order valence-corrected chi connectivity index (χ3v) is 10.0. The van der Waals surface area contributed by atoms with Crippen LogP contribution < -0.4 is 5.32 Å². The molecule has 3 atom stereocenters. The van der Waals surface area contributed by atoms with E-state index in [2.05, 4.69) is 10.3 Å². The Bertz CT molecular complexity index is 1430. The second kappa shape index (κ2) is 11.3. The molecule has 5 rings (SSSR count). The van der Waals surface area contributed by atoms with Gasteiger partial charge in [0, 0.05) is 12.5 Å². The molecule has 39 heavy (non-hydrogen) atoms. The standard InChI is InChI=1S/C29H33N3O6S/c1-2-22(26(33)28-31-23-15-9-10-16-25(23)38-28)30-27(34)24-17-21(39(36,37)20-13-7-4-8-14-20)18-32(24)29(35)19-11-5-3-6-12-19/h4,7-10,13-16,19,21-22,24H,2-3,5-6,11-12,17-18H2,1H3,(H,30,34)/t21-,22?,24+/m1/s1. The summed E-state index contributed by atoms with van der Waals surface area (Å²) in [5.41, 5.74) is 1.01. The van der Waals surface area contributed by atoms with Gasteiger partial charge in [-0.05, 0) is 49.9 Å². The van der Waals surface area contributed by atoms with Crippen LogP contribution in [0.25, 0.3) is 11.1 Å². The minimum atomic E-state index is -3.78. The number of para-hydroxylation sites is 2. The van der Waals surface area contributed by atoms with Crippen molar-refractivity contribution in [2.75, 3.05) is 6.54 Å². The molecule has 2 fully saturated rings. The molecule has 2 aromatic carbocycles. The van der Waals surface area contributed by atoms with Crippen LogP contribution in [0.3, 0.4) is 0 Å². The fourth-order valence-electron chi connectivity index (χ4n) is 5.65. The lowest BCUT2D eigenvalue weighted by molar-refractivity contribution is -0.142. The molecule has 2 amide bonds. The van der Waals surface area contributed by atoms with Gasteiger partial charge in [-0.25, -0.2) is 13.4 Å². The lowest BCUT2D eigenvalue weighted by Gasteiger charge is -2.30. The number of nitrogens with one attached hydrogen (secondary N) is 1. The Labute approximate surface area is 227 Å². The summed E-state index contributed by atoms with van der Waals surface area (Å²) >= 11 is 0. The van der Waals surface area contributed by atoms with E-state index in [1.165, 1.54) is 17.0 Å². The van der Waals surface area contributed by atoms with Crippen molar-refractivity contribution in [3.8, 4) is 0 Å². The van der Waals surface area contributed by atoms with Crippen LogP contribution in [0.5, 0.6) is 0 Å². The largest absolute Gasteiger partial charge is 0.434 e. The molecule has 1 aliphatic heterocycles. The van der Waals surface area contributed by atoms with Crippen molar-refractivity contribution in [1.82, 2.24) is 15.2 Å². The molecule has 1 saturated heterocycles. The highest BCUT2D eigenvalue weighted by molar-refractivity contribution is 7.92. The van der Waals surface area contributed by atoms with Gasteiger partial charge in [0.25, 0.3) is 5.89 Å². The van der Waals surface area contributed by atoms with Crippen molar-refractivity contribution in [2.45, 2.75) is 74.1 Å². The Kier molecular flexibility index (Phi) is 7.83. The molecule has 206 valence electrons. The highest BCUT2D eigenvalue weighted by atomic mass is 32.2. The molecule has 1 saturated carbocycles. The van der Waals surface area contributed by atoms with Crippen molar-refractivity contribution in [3.05, 3.63) is 60.5 Å². The van der Waals surface area contributed by atoms with E-state index in [0.29, 0.717) is 11.1 Å². The van der Waals surface area contributed by atoms with E-state index in [0.717, 1.165) is 32.1 Å². The molecule has 3 aromatic rings. The third-order valence-electron chi connectivity index (χ3n) is 7.86. The Morgan fingerprint density at radius 1 is 1.03 bits per heavy atom. The normalized spacial score (nSPS) is 21.1. The Morgan fingerprint density at radius 3 is 2.41 bits per heavy atom. The minimum Gasteiger partial charge on any atom is -0.434 e. The first kappa shape index (κ1) is 27.1. The highest BCUT2D eigenvalue weighted by Crippen LogP contribution is 2.33. The first-order valence-electron chi connectivity index (χ1n) is 13.6. The maximum atomic E-state index is 13.6. The number of Topliss-reactive ketones (excluding diaryl/α,β-unsaturated/α-hetero) is 1. The molecule has 1 aliphatic carbocycles. The lowest BCUT2D eigenvalue weighted by atomic mass is 9.88.